The van der Waals surface area contributed by atoms with Crippen molar-refractivity contribution in [3.8, 4) is 0 Å². The highest BCUT2D eigenvalue weighted by molar-refractivity contribution is 5.18. The topological polar surface area (TPSA) is 25.6 Å². The van der Waals surface area contributed by atoms with E-state index in [2.05, 4.69) is 17.9 Å². The Bertz CT molecular complexity index is 326. The van der Waals surface area contributed by atoms with Gasteiger partial charge in [-0.25, -0.2) is 0 Å². The third kappa shape index (κ3) is 2.66. The van der Waals surface area contributed by atoms with E-state index in [1.807, 2.05) is 6.92 Å². The van der Waals surface area contributed by atoms with Crippen molar-refractivity contribution >= 4 is 0 Å². The van der Waals surface area contributed by atoms with E-state index in [4.69, 9.17) is 9.15 Å². The Labute approximate surface area is 97.4 Å². The zero-order valence-corrected chi connectivity index (χ0v) is 10.5. The molecule has 0 saturated carbocycles. The van der Waals surface area contributed by atoms with Crippen LogP contribution in [-0.4, -0.2) is 31.2 Å². The van der Waals surface area contributed by atoms with E-state index in [1.54, 1.807) is 7.11 Å². The third-order valence-corrected chi connectivity index (χ3v) is 3.39. The Balaban J connectivity index is 1.93. The van der Waals surface area contributed by atoms with Gasteiger partial charge in [-0.15, -0.1) is 0 Å². The number of methoxy groups -OCH3 is 1. The largest absolute Gasteiger partial charge is 0.465 e. The number of rotatable bonds is 3. The molecule has 0 N–H and O–H groups in total. The molecule has 0 bridgehead atoms. The first-order valence-corrected chi connectivity index (χ1v) is 6.00. The molecule has 1 aliphatic rings. The average Bonchev–Trinajstić information content (AvgIpc) is 2.58. The second kappa shape index (κ2) is 5.02. The molecule has 1 aliphatic heterocycles. The van der Waals surface area contributed by atoms with Crippen molar-refractivity contribution in [2.45, 2.75) is 39.3 Å². The molecule has 16 heavy (non-hydrogen) atoms. The maximum absolute atomic E-state index is 5.70. The Kier molecular flexibility index (Phi) is 3.66. The van der Waals surface area contributed by atoms with Gasteiger partial charge in [0.25, 0.3) is 0 Å². The van der Waals surface area contributed by atoms with E-state index in [0.717, 1.165) is 31.2 Å². The zero-order valence-electron chi connectivity index (χ0n) is 10.5. The highest BCUT2D eigenvalue weighted by atomic mass is 16.5. The fraction of sp³-hybridized carbons (Fsp3) is 0.692. The molecule has 1 fully saturated rings. The lowest BCUT2D eigenvalue weighted by molar-refractivity contribution is 0.0263. The number of hydrogen-bond acceptors (Lipinski definition) is 3. The van der Waals surface area contributed by atoms with E-state index in [-0.39, 0.29) is 0 Å². The Hall–Kier alpha value is -0.800. The van der Waals surface area contributed by atoms with E-state index in [9.17, 15) is 0 Å². The van der Waals surface area contributed by atoms with Crippen LogP contribution in [0.2, 0.25) is 0 Å². The second-order valence-electron chi connectivity index (χ2n) is 4.69. The number of likely N-dealkylation sites (tertiary alicyclic amines) is 1. The summed E-state index contributed by atoms with van der Waals surface area (Å²) in [6.07, 6.45) is 2.80. The molecule has 1 aromatic rings. The molecule has 1 aromatic heterocycles. The van der Waals surface area contributed by atoms with E-state index in [1.165, 1.54) is 18.4 Å². The predicted molar refractivity (Wildman–Crippen MR) is 63.5 cm³/mol. The first kappa shape index (κ1) is 11.7. The first-order valence-electron chi connectivity index (χ1n) is 6.00. The van der Waals surface area contributed by atoms with Crippen molar-refractivity contribution in [3.63, 3.8) is 0 Å². The summed E-state index contributed by atoms with van der Waals surface area (Å²) in [4.78, 5) is 2.41. The maximum Gasteiger partial charge on any atom is 0.118 e. The van der Waals surface area contributed by atoms with Crippen molar-refractivity contribution in [2.75, 3.05) is 20.2 Å². The standard InChI is InChI=1S/C13H21NO2/c1-10-7-13(16-11(10)2)9-14-6-4-5-12(8-14)15-3/h7,12H,4-6,8-9H2,1-3H3. The number of hydrogen-bond donors (Lipinski definition) is 0. The smallest absolute Gasteiger partial charge is 0.118 e. The summed E-state index contributed by atoms with van der Waals surface area (Å²) < 4.78 is 11.1. The quantitative estimate of drug-likeness (QED) is 0.787. The van der Waals surface area contributed by atoms with Crippen LogP contribution in [0.25, 0.3) is 0 Å². The summed E-state index contributed by atoms with van der Waals surface area (Å²) in [5.74, 6) is 2.11. The van der Waals surface area contributed by atoms with Gasteiger partial charge in [0.05, 0.1) is 12.6 Å². The van der Waals surface area contributed by atoms with Crippen LogP contribution >= 0.6 is 0 Å². The molecule has 3 nitrogen and oxygen atoms in total. The van der Waals surface area contributed by atoms with Crippen LogP contribution in [0, 0.1) is 13.8 Å². The minimum Gasteiger partial charge on any atom is -0.465 e. The summed E-state index contributed by atoms with van der Waals surface area (Å²) in [6.45, 7) is 7.20. The summed E-state index contributed by atoms with van der Waals surface area (Å²) >= 11 is 0. The SMILES string of the molecule is COC1CCCN(Cc2cc(C)c(C)o2)C1. The Morgan fingerprint density at radius 3 is 2.94 bits per heavy atom. The van der Waals surface area contributed by atoms with Crippen LogP contribution in [-0.2, 0) is 11.3 Å². The van der Waals surface area contributed by atoms with Gasteiger partial charge in [-0.3, -0.25) is 4.90 Å². The number of nitrogens with zero attached hydrogens (tertiary/aromatic N) is 1. The molecule has 1 saturated heterocycles. The zero-order chi connectivity index (χ0) is 11.5. The summed E-state index contributed by atoms with van der Waals surface area (Å²) in [6, 6.07) is 2.14. The van der Waals surface area contributed by atoms with Gasteiger partial charge in [0.2, 0.25) is 0 Å². The van der Waals surface area contributed by atoms with Gasteiger partial charge < -0.3 is 9.15 Å². The summed E-state index contributed by atoms with van der Waals surface area (Å²) in [5.41, 5.74) is 1.25. The Morgan fingerprint density at radius 1 is 1.50 bits per heavy atom. The van der Waals surface area contributed by atoms with E-state index < -0.39 is 0 Å². The minimum atomic E-state index is 0.394. The van der Waals surface area contributed by atoms with Crippen LogP contribution in [0.1, 0.15) is 29.9 Å². The van der Waals surface area contributed by atoms with Gasteiger partial charge in [-0.1, -0.05) is 0 Å². The van der Waals surface area contributed by atoms with Crippen LogP contribution in [0.4, 0.5) is 0 Å². The molecule has 0 radical (unpaired) electrons. The van der Waals surface area contributed by atoms with Crippen molar-refractivity contribution in [2.24, 2.45) is 0 Å². The van der Waals surface area contributed by atoms with E-state index >= 15 is 0 Å². The van der Waals surface area contributed by atoms with Crippen LogP contribution in [0.3, 0.4) is 0 Å². The van der Waals surface area contributed by atoms with Crippen LogP contribution < -0.4 is 0 Å². The fourth-order valence-electron chi connectivity index (χ4n) is 2.30. The lowest BCUT2D eigenvalue weighted by Gasteiger charge is -2.31. The monoisotopic (exact) mass is 223 g/mol. The molecule has 2 heterocycles. The van der Waals surface area contributed by atoms with Crippen molar-refractivity contribution in [1.82, 2.24) is 4.90 Å². The fourth-order valence-corrected chi connectivity index (χ4v) is 2.30. The molecule has 2 rings (SSSR count). The maximum atomic E-state index is 5.70. The van der Waals surface area contributed by atoms with Gasteiger partial charge in [0, 0.05) is 13.7 Å². The average molecular weight is 223 g/mol. The lowest BCUT2D eigenvalue weighted by Crippen LogP contribution is -2.38. The number of ether oxygens (including phenoxy) is 1. The highest BCUT2D eigenvalue weighted by Gasteiger charge is 2.20. The molecule has 90 valence electrons. The molecular formula is C13H21NO2. The minimum absolute atomic E-state index is 0.394. The van der Waals surface area contributed by atoms with Crippen molar-refractivity contribution < 1.29 is 9.15 Å². The second-order valence-corrected chi connectivity index (χ2v) is 4.69. The van der Waals surface area contributed by atoms with E-state index in [0.29, 0.717) is 6.10 Å². The number of furan rings is 1. The van der Waals surface area contributed by atoms with Gasteiger partial charge in [0.15, 0.2) is 0 Å². The highest BCUT2D eigenvalue weighted by Crippen LogP contribution is 2.18. The van der Waals surface area contributed by atoms with Gasteiger partial charge in [-0.05, 0) is 44.9 Å². The number of aryl methyl sites for hydroxylation is 2. The van der Waals surface area contributed by atoms with Gasteiger partial charge >= 0.3 is 0 Å². The lowest BCUT2D eigenvalue weighted by atomic mass is 10.1. The normalized spacial score (nSPS) is 22.6. The van der Waals surface area contributed by atoms with Crippen molar-refractivity contribution in [3.05, 3.63) is 23.2 Å². The van der Waals surface area contributed by atoms with Crippen LogP contribution in [0.5, 0.6) is 0 Å². The Morgan fingerprint density at radius 2 is 2.31 bits per heavy atom. The molecule has 3 heteroatoms. The molecule has 0 spiro atoms. The molecule has 0 aliphatic carbocycles. The number of piperidine rings is 1. The molecular weight excluding hydrogens is 202 g/mol. The molecule has 0 amide bonds. The van der Waals surface area contributed by atoms with Gasteiger partial charge in [0.1, 0.15) is 11.5 Å². The predicted octanol–water partition coefficient (Wildman–Crippen LogP) is 2.51. The van der Waals surface area contributed by atoms with Gasteiger partial charge in [-0.2, -0.15) is 0 Å². The molecule has 1 atom stereocenters. The molecule has 1 unspecified atom stereocenters. The molecule has 0 aromatic carbocycles. The summed E-state index contributed by atoms with van der Waals surface area (Å²) in [7, 11) is 1.80. The van der Waals surface area contributed by atoms with Crippen molar-refractivity contribution in [1.29, 1.82) is 0 Å². The summed E-state index contributed by atoms with van der Waals surface area (Å²) in [5, 5.41) is 0. The third-order valence-electron chi connectivity index (χ3n) is 3.39. The van der Waals surface area contributed by atoms with Crippen LogP contribution in [0.15, 0.2) is 10.5 Å². The first-order chi connectivity index (χ1) is 7.69.